The number of aromatic nitrogens is 1. The van der Waals surface area contributed by atoms with Gasteiger partial charge in [-0.05, 0) is 49.8 Å². The third kappa shape index (κ3) is 6.10. The van der Waals surface area contributed by atoms with E-state index in [4.69, 9.17) is 14.7 Å². The first kappa shape index (κ1) is 22.8. The number of hydrogen-bond acceptors (Lipinski definition) is 4. The maximum atomic E-state index is 5.58. The molecule has 1 unspecified atom stereocenters. The van der Waals surface area contributed by atoms with E-state index in [0.717, 1.165) is 60.8 Å². The number of aliphatic imine (C=N–C) groups is 1. The Morgan fingerprint density at radius 3 is 2.58 bits per heavy atom. The van der Waals surface area contributed by atoms with Gasteiger partial charge in [-0.15, -0.1) is 0 Å². The first-order valence-electron chi connectivity index (χ1n) is 11.8. The molecule has 1 aliphatic rings. The highest BCUT2D eigenvalue weighted by molar-refractivity contribution is 6.00. The maximum absolute atomic E-state index is 5.58. The van der Waals surface area contributed by atoms with Crippen molar-refractivity contribution >= 4 is 17.1 Å². The predicted octanol–water partition coefficient (Wildman–Crippen LogP) is 6.73. The number of pyridine rings is 1. The molecule has 2 aromatic carbocycles. The molecule has 2 heterocycles. The third-order valence-electron chi connectivity index (χ3n) is 6.12. The number of anilines is 1. The van der Waals surface area contributed by atoms with E-state index in [1.54, 1.807) is 0 Å². The van der Waals surface area contributed by atoms with Gasteiger partial charge in [-0.1, -0.05) is 67.2 Å². The molecule has 4 heteroatoms. The van der Waals surface area contributed by atoms with Gasteiger partial charge in [0.25, 0.3) is 0 Å². The molecule has 0 saturated heterocycles. The van der Waals surface area contributed by atoms with Crippen molar-refractivity contribution in [3.63, 3.8) is 0 Å². The average molecular weight is 440 g/mol. The van der Waals surface area contributed by atoms with Crippen molar-refractivity contribution in [2.75, 3.05) is 18.1 Å². The molecule has 4 nitrogen and oxygen atoms in total. The molecule has 0 amide bonds. The molecular formula is C29H33N3O. The van der Waals surface area contributed by atoms with E-state index in [0.29, 0.717) is 12.5 Å². The normalized spacial score (nSPS) is 15.8. The molecule has 3 aromatic rings. The highest BCUT2D eigenvalue weighted by Crippen LogP contribution is 2.34. The zero-order valence-corrected chi connectivity index (χ0v) is 19.7. The standard InChI is InChI=1S/C29H33N3O/c1-4-33-22(2)15-16-25-17-28-29(32(21-25)20-24-11-7-5-8-12-24)18-27(19-30-28)31-23(3)26-13-9-6-10-14-26/h5-14,18-19,25H,2,4,15-17,20-21H2,1,3H3. The smallest absolute Gasteiger partial charge is 0.0888 e. The number of fused-ring (bicyclic) bond motifs is 1. The average Bonchev–Trinajstić information content (AvgIpc) is 2.84. The minimum atomic E-state index is 0.520. The van der Waals surface area contributed by atoms with Crippen LogP contribution < -0.4 is 4.90 Å². The quantitative estimate of drug-likeness (QED) is 0.274. The second kappa shape index (κ2) is 11.0. The van der Waals surface area contributed by atoms with Crippen LogP contribution in [0.4, 0.5) is 11.4 Å². The second-order valence-electron chi connectivity index (χ2n) is 8.67. The fourth-order valence-corrected chi connectivity index (χ4v) is 4.44. The number of allylic oxidation sites excluding steroid dienone is 1. The van der Waals surface area contributed by atoms with Gasteiger partial charge in [0.15, 0.2) is 0 Å². The molecule has 33 heavy (non-hydrogen) atoms. The van der Waals surface area contributed by atoms with Crippen molar-refractivity contribution in [3.05, 3.63) is 102 Å². The molecule has 1 aromatic heterocycles. The van der Waals surface area contributed by atoms with Crippen LogP contribution >= 0.6 is 0 Å². The summed E-state index contributed by atoms with van der Waals surface area (Å²) in [5.41, 5.74) is 6.68. The lowest BCUT2D eigenvalue weighted by molar-refractivity contribution is 0.214. The van der Waals surface area contributed by atoms with Crippen LogP contribution in [0.25, 0.3) is 0 Å². The van der Waals surface area contributed by atoms with Gasteiger partial charge in [0.1, 0.15) is 0 Å². The van der Waals surface area contributed by atoms with Gasteiger partial charge in [0.05, 0.1) is 35.6 Å². The summed E-state index contributed by atoms with van der Waals surface area (Å²) in [6.45, 7) is 10.7. The van der Waals surface area contributed by atoms with E-state index in [9.17, 15) is 0 Å². The van der Waals surface area contributed by atoms with Crippen LogP contribution in [0.15, 0.2) is 90.3 Å². The van der Waals surface area contributed by atoms with Crippen molar-refractivity contribution in [3.8, 4) is 0 Å². The van der Waals surface area contributed by atoms with Gasteiger partial charge < -0.3 is 9.64 Å². The predicted molar refractivity (Wildman–Crippen MR) is 137 cm³/mol. The highest BCUT2D eigenvalue weighted by atomic mass is 16.5. The summed E-state index contributed by atoms with van der Waals surface area (Å²) in [4.78, 5) is 12.2. The van der Waals surface area contributed by atoms with Gasteiger partial charge in [-0.3, -0.25) is 9.98 Å². The molecule has 0 spiro atoms. The monoisotopic (exact) mass is 439 g/mol. The van der Waals surface area contributed by atoms with E-state index in [1.165, 1.54) is 11.3 Å². The molecule has 1 atom stereocenters. The Balaban J connectivity index is 1.59. The minimum Gasteiger partial charge on any atom is -0.499 e. The van der Waals surface area contributed by atoms with E-state index in [-0.39, 0.29) is 0 Å². The van der Waals surface area contributed by atoms with Crippen LogP contribution in [-0.4, -0.2) is 23.8 Å². The number of benzene rings is 2. The van der Waals surface area contributed by atoms with Crippen LogP contribution in [0.1, 0.15) is 43.5 Å². The Hall–Kier alpha value is -3.40. The summed E-state index contributed by atoms with van der Waals surface area (Å²) >= 11 is 0. The zero-order chi connectivity index (χ0) is 23.0. The molecule has 0 saturated carbocycles. The Morgan fingerprint density at radius 1 is 1.12 bits per heavy atom. The van der Waals surface area contributed by atoms with E-state index >= 15 is 0 Å². The summed E-state index contributed by atoms with van der Waals surface area (Å²) in [6, 6.07) is 23.1. The zero-order valence-electron chi connectivity index (χ0n) is 19.7. The second-order valence-corrected chi connectivity index (χ2v) is 8.67. The Kier molecular flexibility index (Phi) is 7.56. The maximum Gasteiger partial charge on any atom is 0.0888 e. The van der Waals surface area contributed by atoms with Gasteiger partial charge in [0.2, 0.25) is 0 Å². The summed E-state index contributed by atoms with van der Waals surface area (Å²) in [5, 5.41) is 0. The number of nitrogens with zero attached hydrogens (tertiary/aromatic N) is 3. The van der Waals surface area contributed by atoms with Gasteiger partial charge >= 0.3 is 0 Å². The molecule has 0 fully saturated rings. The summed E-state index contributed by atoms with van der Waals surface area (Å²) < 4.78 is 5.58. The summed E-state index contributed by atoms with van der Waals surface area (Å²) in [6.07, 6.45) is 4.83. The lowest BCUT2D eigenvalue weighted by Gasteiger charge is -2.36. The van der Waals surface area contributed by atoms with Crippen LogP contribution in [-0.2, 0) is 17.7 Å². The number of hydrogen-bond donors (Lipinski definition) is 0. The molecule has 170 valence electrons. The lowest BCUT2D eigenvalue weighted by atomic mass is 9.91. The lowest BCUT2D eigenvalue weighted by Crippen LogP contribution is -2.35. The van der Waals surface area contributed by atoms with E-state index in [1.807, 2.05) is 31.3 Å². The van der Waals surface area contributed by atoms with Crippen LogP contribution in [0, 0.1) is 5.92 Å². The summed E-state index contributed by atoms with van der Waals surface area (Å²) in [7, 11) is 0. The van der Waals surface area contributed by atoms with E-state index < -0.39 is 0 Å². The van der Waals surface area contributed by atoms with Gasteiger partial charge in [0, 0.05) is 25.2 Å². The molecule has 1 aliphatic heterocycles. The number of ether oxygens (including phenoxy) is 1. The topological polar surface area (TPSA) is 37.7 Å². The summed E-state index contributed by atoms with van der Waals surface area (Å²) in [5.74, 6) is 1.40. The minimum absolute atomic E-state index is 0.520. The van der Waals surface area contributed by atoms with Crippen molar-refractivity contribution in [1.29, 1.82) is 0 Å². The van der Waals surface area contributed by atoms with Crippen LogP contribution in [0.2, 0.25) is 0 Å². The first-order valence-corrected chi connectivity index (χ1v) is 11.8. The van der Waals surface area contributed by atoms with Crippen molar-refractivity contribution in [2.24, 2.45) is 10.9 Å². The Labute approximate surface area is 197 Å². The third-order valence-corrected chi connectivity index (χ3v) is 6.12. The molecule has 0 aliphatic carbocycles. The van der Waals surface area contributed by atoms with Crippen molar-refractivity contribution < 1.29 is 4.74 Å². The fraction of sp³-hybridized carbons (Fsp3) is 0.310. The Bertz CT molecular complexity index is 1090. The van der Waals surface area contributed by atoms with E-state index in [2.05, 4.69) is 66.9 Å². The SMILES string of the molecule is C=C(CCC1Cc2ncc(N=C(C)c3ccccc3)cc2N(Cc2ccccc2)C1)OCC. The molecule has 0 radical (unpaired) electrons. The fourth-order valence-electron chi connectivity index (χ4n) is 4.44. The largest absolute Gasteiger partial charge is 0.499 e. The molecule has 4 rings (SSSR count). The van der Waals surface area contributed by atoms with Crippen LogP contribution in [0.5, 0.6) is 0 Å². The van der Waals surface area contributed by atoms with Crippen molar-refractivity contribution in [1.82, 2.24) is 4.98 Å². The Morgan fingerprint density at radius 2 is 1.85 bits per heavy atom. The number of rotatable bonds is 9. The molecular weight excluding hydrogens is 406 g/mol. The first-order chi connectivity index (χ1) is 16.1. The highest BCUT2D eigenvalue weighted by Gasteiger charge is 2.26. The van der Waals surface area contributed by atoms with Crippen molar-refractivity contribution in [2.45, 2.75) is 39.7 Å². The van der Waals surface area contributed by atoms with Gasteiger partial charge in [-0.25, -0.2) is 0 Å². The van der Waals surface area contributed by atoms with Gasteiger partial charge in [-0.2, -0.15) is 0 Å². The molecule has 0 N–H and O–H groups in total. The van der Waals surface area contributed by atoms with Crippen LogP contribution in [0.3, 0.4) is 0 Å². The molecule has 0 bridgehead atoms.